The summed E-state index contributed by atoms with van der Waals surface area (Å²) >= 11 is 0. The number of benzene rings is 3. The molecule has 0 radical (unpaired) electrons. The number of hydrogen-bond donors (Lipinski definition) is 2. The molecule has 0 bridgehead atoms. The van der Waals surface area contributed by atoms with E-state index in [9.17, 15) is 9.50 Å². The molecule has 0 amide bonds. The van der Waals surface area contributed by atoms with Crippen LogP contribution in [0.15, 0.2) is 77.8 Å². The van der Waals surface area contributed by atoms with Gasteiger partial charge in [-0.2, -0.15) is 0 Å². The lowest BCUT2D eigenvalue weighted by molar-refractivity contribution is 0.410. The maximum absolute atomic E-state index is 13.4. The molecular formula is C23H21FN2O2. The van der Waals surface area contributed by atoms with Crippen molar-refractivity contribution in [2.75, 3.05) is 7.11 Å². The van der Waals surface area contributed by atoms with Gasteiger partial charge in [0.1, 0.15) is 23.5 Å². The Balaban J connectivity index is 1.76. The molecule has 142 valence electrons. The minimum absolute atomic E-state index is 0.130. The fraction of sp³-hybridized carbons (Fsp3) is 0.174. The first kappa shape index (κ1) is 18.2. The maximum atomic E-state index is 13.4. The van der Waals surface area contributed by atoms with Gasteiger partial charge in [-0.1, -0.05) is 42.5 Å². The van der Waals surface area contributed by atoms with E-state index in [2.05, 4.69) is 5.32 Å². The molecule has 1 heterocycles. The lowest BCUT2D eigenvalue weighted by atomic mass is 9.93. The number of rotatable bonds is 4. The van der Waals surface area contributed by atoms with Crippen molar-refractivity contribution >= 4 is 5.71 Å². The molecule has 0 aromatic heterocycles. The van der Waals surface area contributed by atoms with Crippen LogP contribution in [0.2, 0.25) is 0 Å². The topological polar surface area (TPSA) is 53.8 Å². The van der Waals surface area contributed by atoms with Crippen LogP contribution < -0.4 is 10.1 Å². The fourth-order valence-electron chi connectivity index (χ4n) is 3.48. The van der Waals surface area contributed by atoms with Gasteiger partial charge in [0.15, 0.2) is 0 Å². The number of halogens is 1. The van der Waals surface area contributed by atoms with E-state index in [4.69, 9.17) is 9.73 Å². The average Bonchev–Trinajstić information content (AvgIpc) is 2.74. The number of nitrogens with one attached hydrogen (secondary N) is 1. The molecule has 3 aromatic rings. The van der Waals surface area contributed by atoms with Gasteiger partial charge >= 0.3 is 0 Å². The minimum atomic E-state index is -0.347. The Bertz CT molecular complexity index is 1000. The van der Waals surface area contributed by atoms with Gasteiger partial charge in [0.2, 0.25) is 0 Å². The highest BCUT2D eigenvalue weighted by Gasteiger charge is 2.27. The highest BCUT2D eigenvalue weighted by Crippen LogP contribution is 2.34. The van der Waals surface area contributed by atoms with Gasteiger partial charge in [0.25, 0.3) is 0 Å². The summed E-state index contributed by atoms with van der Waals surface area (Å²) in [4.78, 5) is 4.88. The highest BCUT2D eigenvalue weighted by molar-refractivity contribution is 6.02. The van der Waals surface area contributed by atoms with E-state index in [-0.39, 0.29) is 23.8 Å². The van der Waals surface area contributed by atoms with E-state index in [1.807, 2.05) is 36.4 Å². The molecule has 4 nitrogen and oxygen atoms in total. The number of para-hydroxylation sites is 1. The third-order valence-corrected chi connectivity index (χ3v) is 4.94. The van der Waals surface area contributed by atoms with Crippen LogP contribution in [0.4, 0.5) is 4.39 Å². The predicted octanol–water partition coefficient (Wildman–Crippen LogP) is 4.76. The largest absolute Gasteiger partial charge is 0.508 e. The van der Waals surface area contributed by atoms with Gasteiger partial charge in [0.05, 0.1) is 7.11 Å². The van der Waals surface area contributed by atoms with Crippen LogP contribution in [0.1, 0.15) is 35.3 Å². The monoisotopic (exact) mass is 376 g/mol. The summed E-state index contributed by atoms with van der Waals surface area (Å²) < 4.78 is 18.7. The Kier molecular flexibility index (Phi) is 5.08. The molecule has 0 saturated heterocycles. The molecule has 28 heavy (non-hydrogen) atoms. The number of aromatic hydroxyl groups is 1. The second kappa shape index (κ2) is 7.82. The number of phenols is 1. The normalized spacial score (nSPS) is 19.1. The lowest BCUT2D eigenvalue weighted by Gasteiger charge is -2.31. The third-order valence-electron chi connectivity index (χ3n) is 4.94. The van der Waals surface area contributed by atoms with Crippen LogP contribution >= 0.6 is 0 Å². The van der Waals surface area contributed by atoms with E-state index in [0.29, 0.717) is 6.42 Å². The standard InChI is InChI=1S/C23H21FN2O2/c1-28-18-6-4-5-16(13-18)20-14-21(19-7-2-3-8-22(19)27)26-23(25-20)15-9-11-17(24)12-10-15/h2-13,21,23,26-27H,14H2,1H3/t21-,23-/m0/s1. The summed E-state index contributed by atoms with van der Waals surface area (Å²) in [5.41, 5.74) is 3.54. The van der Waals surface area contributed by atoms with Crippen LogP contribution in [0, 0.1) is 5.82 Å². The molecule has 0 spiro atoms. The van der Waals surface area contributed by atoms with Crippen molar-refractivity contribution < 1.29 is 14.2 Å². The molecule has 5 heteroatoms. The van der Waals surface area contributed by atoms with Crippen LogP contribution in [0.3, 0.4) is 0 Å². The van der Waals surface area contributed by atoms with Crippen LogP contribution in [0.5, 0.6) is 11.5 Å². The smallest absolute Gasteiger partial charge is 0.126 e. The van der Waals surface area contributed by atoms with Crippen LogP contribution in [-0.2, 0) is 0 Å². The minimum Gasteiger partial charge on any atom is -0.508 e. The second-order valence-electron chi connectivity index (χ2n) is 6.74. The molecule has 3 aromatic carbocycles. The van der Waals surface area contributed by atoms with Gasteiger partial charge in [-0.3, -0.25) is 10.3 Å². The molecule has 4 rings (SSSR count). The van der Waals surface area contributed by atoms with E-state index in [0.717, 1.165) is 28.2 Å². The Morgan fingerprint density at radius 2 is 1.82 bits per heavy atom. The third kappa shape index (κ3) is 3.75. The average molecular weight is 376 g/mol. The number of aliphatic imine (C=N–C) groups is 1. The molecule has 0 fully saturated rings. The number of hydrogen-bond acceptors (Lipinski definition) is 4. The zero-order valence-corrected chi connectivity index (χ0v) is 15.5. The van der Waals surface area contributed by atoms with Crippen molar-refractivity contribution in [1.29, 1.82) is 0 Å². The van der Waals surface area contributed by atoms with Gasteiger partial charge in [-0.05, 0) is 41.5 Å². The molecule has 1 aliphatic rings. The number of nitrogens with zero attached hydrogens (tertiary/aromatic N) is 1. The van der Waals surface area contributed by atoms with Crippen LogP contribution in [-0.4, -0.2) is 17.9 Å². The van der Waals surface area contributed by atoms with E-state index < -0.39 is 0 Å². The van der Waals surface area contributed by atoms with E-state index in [1.165, 1.54) is 12.1 Å². The molecule has 0 saturated carbocycles. The number of phenolic OH excluding ortho intramolecular Hbond substituents is 1. The van der Waals surface area contributed by atoms with Gasteiger partial charge in [-0.25, -0.2) is 4.39 Å². The first-order valence-corrected chi connectivity index (χ1v) is 9.14. The van der Waals surface area contributed by atoms with Gasteiger partial charge < -0.3 is 9.84 Å². The highest BCUT2D eigenvalue weighted by atomic mass is 19.1. The van der Waals surface area contributed by atoms with Crippen molar-refractivity contribution in [2.24, 2.45) is 4.99 Å². The predicted molar refractivity (Wildman–Crippen MR) is 107 cm³/mol. The summed E-state index contributed by atoms with van der Waals surface area (Å²) in [5, 5.41) is 13.8. The van der Waals surface area contributed by atoms with Crippen molar-refractivity contribution in [3.8, 4) is 11.5 Å². The first-order chi connectivity index (χ1) is 13.6. The summed E-state index contributed by atoms with van der Waals surface area (Å²) in [5.74, 6) is 0.717. The second-order valence-corrected chi connectivity index (χ2v) is 6.74. The molecular weight excluding hydrogens is 355 g/mol. The van der Waals surface area contributed by atoms with Crippen molar-refractivity contribution in [3.05, 3.63) is 95.3 Å². The zero-order chi connectivity index (χ0) is 19.5. The van der Waals surface area contributed by atoms with E-state index in [1.54, 1.807) is 31.4 Å². The quantitative estimate of drug-likeness (QED) is 0.690. The maximum Gasteiger partial charge on any atom is 0.126 e. The Labute approximate surface area is 163 Å². The van der Waals surface area contributed by atoms with Gasteiger partial charge in [0, 0.05) is 23.7 Å². The molecule has 1 aliphatic heterocycles. The van der Waals surface area contributed by atoms with Gasteiger partial charge in [-0.15, -0.1) is 0 Å². The SMILES string of the molecule is COc1cccc(C2=N[C@H](c3ccc(F)cc3)N[C@H](c3ccccc3O)C2)c1. The Morgan fingerprint density at radius 3 is 2.57 bits per heavy atom. The summed E-state index contributed by atoms with van der Waals surface area (Å²) in [6, 6.07) is 21.3. The summed E-state index contributed by atoms with van der Waals surface area (Å²) in [7, 11) is 1.63. The first-order valence-electron chi connectivity index (χ1n) is 9.14. The van der Waals surface area contributed by atoms with Crippen LogP contribution in [0.25, 0.3) is 0 Å². The number of ether oxygens (including phenoxy) is 1. The van der Waals surface area contributed by atoms with Crippen molar-refractivity contribution in [2.45, 2.75) is 18.6 Å². The number of methoxy groups -OCH3 is 1. The van der Waals surface area contributed by atoms with Crippen molar-refractivity contribution in [1.82, 2.24) is 5.32 Å². The lowest BCUT2D eigenvalue weighted by Crippen LogP contribution is -2.33. The zero-order valence-electron chi connectivity index (χ0n) is 15.5. The summed E-state index contributed by atoms with van der Waals surface area (Å²) in [6.07, 6.45) is 0.266. The van der Waals surface area contributed by atoms with E-state index >= 15 is 0 Å². The molecule has 0 aliphatic carbocycles. The Morgan fingerprint density at radius 1 is 1.04 bits per heavy atom. The Hall–Kier alpha value is -3.18. The molecule has 2 N–H and O–H groups in total. The molecule has 0 unspecified atom stereocenters. The van der Waals surface area contributed by atoms with Crippen molar-refractivity contribution in [3.63, 3.8) is 0 Å². The summed E-state index contributed by atoms with van der Waals surface area (Å²) in [6.45, 7) is 0. The fourth-order valence-corrected chi connectivity index (χ4v) is 3.48. The molecule has 2 atom stereocenters.